The van der Waals surface area contributed by atoms with E-state index >= 15 is 0 Å². The molecule has 30 heavy (non-hydrogen) atoms. The highest BCUT2D eigenvalue weighted by Crippen LogP contribution is 2.30. The van der Waals surface area contributed by atoms with Gasteiger partial charge in [0.15, 0.2) is 17.5 Å². The van der Waals surface area contributed by atoms with Gasteiger partial charge in [-0.1, -0.05) is 6.07 Å². The first-order valence-electron chi connectivity index (χ1n) is 10.1. The average molecular weight is 528 g/mol. The summed E-state index contributed by atoms with van der Waals surface area (Å²) in [5.41, 5.74) is 1.91. The molecule has 7 nitrogen and oxygen atoms in total. The van der Waals surface area contributed by atoms with Gasteiger partial charge in [0.05, 0.1) is 13.7 Å². The fourth-order valence-corrected chi connectivity index (χ4v) is 2.95. The number of unbranched alkanes of at least 4 members (excludes halogenated alkanes) is 1. The van der Waals surface area contributed by atoms with E-state index in [9.17, 15) is 4.79 Å². The maximum Gasteiger partial charge on any atom is 0.250 e. The number of methoxy groups -OCH3 is 1. The lowest BCUT2D eigenvalue weighted by Gasteiger charge is -2.14. The summed E-state index contributed by atoms with van der Waals surface area (Å²) >= 11 is 0. The van der Waals surface area contributed by atoms with E-state index in [1.165, 1.54) is 0 Å². The molecule has 0 spiro atoms. The van der Waals surface area contributed by atoms with Gasteiger partial charge in [0.1, 0.15) is 0 Å². The number of aryl methyl sites for hydroxylation is 1. The molecule has 166 valence electrons. The monoisotopic (exact) mass is 528 g/mol. The number of aliphatic imine (C=N–C) groups is 1. The molecule has 0 atom stereocenters. The third-order valence-electron chi connectivity index (χ3n) is 4.40. The number of halogens is 1. The van der Waals surface area contributed by atoms with E-state index in [1.54, 1.807) is 23.8 Å². The van der Waals surface area contributed by atoms with Gasteiger partial charge < -0.3 is 24.7 Å². The van der Waals surface area contributed by atoms with Crippen LogP contribution in [0.15, 0.2) is 46.2 Å². The molecule has 0 unspecified atom stereocenters. The van der Waals surface area contributed by atoms with Crippen LogP contribution in [0, 0.1) is 6.92 Å². The predicted octanol–water partition coefficient (Wildman–Crippen LogP) is 4.04. The van der Waals surface area contributed by atoms with Gasteiger partial charge >= 0.3 is 0 Å². The lowest BCUT2D eigenvalue weighted by atomic mass is 10.2. The Balaban J connectivity index is 0.00000450. The molecule has 2 rings (SSSR count). The van der Waals surface area contributed by atoms with Crippen molar-refractivity contribution in [2.45, 2.75) is 40.2 Å². The number of pyridine rings is 1. The van der Waals surface area contributed by atoms with Crippen molar-refractivity contribution in [3.8, 4) is 11.5 Å². The minimum Gasteiger partial charge on any atom is -0.493 e. The molecule has 0 radical (unpaired) electrons. The number of rotatable bonds is 10. The van der Waals surface area contributed by atoms with Crippen molar-refractivity contribution in [1.82, 2.24) is 9.88 Å². The average Bonchev–Trinajstić information content (AvgIpc) is 2.70. The summed E-state index contributed by atoms with van der Waals surface area (Å²) in [5.74, 6) is 2.11. The van der Waals surface area contributed by atoms with Crippen molar-refractivity contribution in [1.29, 1.82) is 0 Å². The van der Waals surface area contributed by atoms with Gasteiger partial charge in [0.25, 0.3) is 5.56 Å². The van der Waals surface area contributed by atoms with E-state index in [1.807, 2.05) is 45.0 Å². The molecule has 2 N–H and O–H groups in total. The number of nitrogens with one attached hydrogen (secondary N) is 2. The molecule has 0 aliphatic heterocycles. The molecule has 1 heterocycles. The van der Waals surface area contributed by atoms with Crippen molar-refractivity contribution < 1.29 is 9.47 Å². The number of benzene rings is 1. The molecule has 8 heteroatoms. The number of aromatic nitrogens is 1. The predicted molar refractivity (Wildman–Crippen MR) is 134 cm³/mol. The fourth-order valence-electron chi connectivity index (χ4n) is 2.95. The van der Waals surface area contributed by atoms with E-state index in [-0.39, 0.29) is 29.5 Å². The molecule has 0 saturated carbocycles. The molecular formula is C22H33IN4O3. The van der Waals surface area contributed by atoms with Crippen molar-refractivity contribution in [3.63, 3.8) is 0 Å². The van der Waals surface area contributed by atoms with Crippen molar-refractivity contribution in [3.05, 3.63) is 52.4 Å². The van der Waals surface area contributed by atoms with Gasteiger partial charge in [-0.2, -0.15) is 0 Å². The number of guanidine groups is 1. The summed E-state index contributed by atoms with van der Waals surface area (Å²) in [6.45, 7) is 8.64. The summed E-state index contributed by atoms with van der Waals surface area (Å²) in [7, 11) is 1.63. The van der Waals surface area contributed by atoms with Crippen LogP contribution >= 0.6 is 24.0 Å². The molecule has 0 amide bonds. The Bertz CT molecular complexity index is 868. The maximum atomic E-state index is 11.9. The smallest absolute Gasteiger partial charge is 0.250 e. The van der Waals surface area contributed by atoms with Gasteiger partial charge in [-0.15, -0.1) is 24.0 Å². The largest absolute Gasteiger partial charge is 0.493 e. The zero-order chi connectivity index (χ0) is 21.1. The van der Waals surface area contributed by atoms with Crippen LogP contribution in [0.5, 0.6) is 11.5 Å². The first-order chi connectivity index (χ1) is 14.1. The Hall–Kier alpha value is -2.23. The molecule has 0 bridgehead atoms. The van der Waals surface area contributed by atoms with Gasteiger partial charge in [0.2, 0.25) is 0 Å². The topological polar surface area (TPSA) is 76.9 Å². The van der Waals surface area contributed by atoms with Crippen LogP contribution < -0.4 is 25.7 Å². The SMILES string of the molecule is CCNC(=NCCCCn1c(C)cccc1=O)Nc1ccc(OC)c(OCC)c1.I. The van der Waals surface area contributed by atoms with Crippen LogP contribution in [-0.2, 0) is 6.54 Å². The molecule has 0 aliphatic carbocycles. The van der Waals surface area contributed by atoms with Crippen LogP contribution in [0.25, 0.3) is 0 Å². The second-order valence-corrected chi connectivity index (χ2v) is 6.55. The summed E-state index contributed by atoms with van der Waals surface area (Å²) in [6.07, 6.45) is 1.79. The van der Waals surface area contributed by atoms with Crippen molar-refractivity contribution in [2.75, 3.05) is 32.1 Å². The highest BCUT2D eigenvalue weighted by atomic mass is 127. The van der Waals surface area contributed by atoms with Crippen LogP contribution in [0.1, 0.15) is 32.4 Å². The zero-order valence-electron chi connectivity index (χ0n) is 18.2. The van der Waals surface area contributed by atoms with E-state index in [0.29, 0.717) is 37.2 Å². The van der Waals surface area contributed by atoms with Gasteiger partial charge in [0, 0.05) is 43.1 Å². The second kappa shape index (κ2) is 13.9. The molecule has 1 aromatic heterocycles. The van der Waals surface area contributed by atoms with Crippen LogP contribution in [-0.4, -0.2) is 37.3 Å². The van der Waals surface area contributed by atoms with Gasteiger partial charge in [-0.05, 0) is 51.8 Å². The second-order valence-electron chi connectivity index (χ2n) is 6.55. The highest BCUT2D eigenvalue weighted by Gasteiger charge is 2.07. The van der Waals surface area contributed by atoms with Crippen molar-refractivity contribution >= 4 is 35.6 Å². The third kappa shape index (κ3) is 7.89. The number of ether oxygens (including phenoxy) is 2. The Morgan fingerprint density at radius 2 is 1.93 bits per heavy atom. The number of hydrogen-bond donors (Lipinski definition) is 2. The fraction of sp³-hybridized carbons (Fsp3) is 0.455. The Kier molecular flexibility index (Phi) is 12.0. The van der Waals surface area contributed by atoms with E-state index in [4.69, 9.17) is 9.47 Å². The minimum atomic E-state index is 0. The van der Waals surface area contributed by atoms with E-state index < -0.39 is 0 Å². The standard InChI is InChI=1S/C22H32N4O3.HI/c1-5-23-22(25-18-12-13-19(28-4)20(16-18)29-6-2)24-14-7-8-15-26-17(3)10-9-11-21(26)27;/h9-13,16H,5-8,14-15H2,1-4H3,(H2,23,24,25);1H. The quantitative estimate of drug-likeness (QED) is 0.211. The van der Waals surface area contributed by atoms with E-state index in [2.05, 4.69) is 15.6 Å². The minimum absolute atomic E-state index is 0. The molecule has 1 aromatic carbocycles. The maximum absolute atomic E-state index is 11.9. The normalized spacial score (nSPS) is 10.9. The first kappa shape index (κ1) is 25.8. The lowest BCUT2D eigenvalue weighted by Crippen LogP contribution is -2.30. The van der Waals surface area contributed by atoms with E-state index in [0.717, 1.165) is 30.8 Å². The first-order valence-corrected chi connectivity index (χ1v) is 10.1. The molecular weight excluding hydrogens is 495 g/mol. The van der Waals surface area contributed by atoms with Crippen LogP contribution in [0.4, 0.5) is 5.69 Å². The summed E-state index contributed by atoms with van der Waals surface area (Å²) in [4.78, 5) is 16.6. The number of nitrogens with zero attached hydrogens (tertiary/aromatic N) is 2. The molecule has 0 saturated heterocycles. The summed E-state index contributed by atoms with van der Waals surface area (Å²) in [6, 6.07) is 11.1. The third-order valence-corrected chi connectivity index (χ3v) is 4.40. The summed E-state index contributed by atoms with van der Waals surface area (Å²) < 4.78 is 12.8. The Morgan fingerprint density at radius 1 is 1.13 bits per heavy atom. The number of anilines is 1. The summed E-state index contributed by atoms with van der Waals surface area (Å²) in [5, 5.41) is 6.55. The van der Waals surface area contributed by atoms with Crippen LogP contribution in [0.3, 0.4) is 0 Å². The Labute approximate surface area is 195 Å². The highest BCUT2D eigenvalue weighted by molar-refractivity contribution is 14.0. The Morgan fingerprint density at radius 3 is 2.60 bits per heavy atom. The number of hydrogen-bond acceptors (Lipinski definition) is 4. The lowest BCUT2D eigenvalue weighted by molar-refractivity contribution is 0.311. The molecule has 0 aliphatic rings. The molecule has 2 aromatic rings. The zero-order valence-corrected chi connectivity index (χ0v) is 20.6. The van der Waals surface area contributed by atoms with Gasteiger partial charge in [-0.25, -0.2) is 0 Å². The van der Waals surface area contributed by atoms with Crippen LogP contribution in [0.2, 0.25) is 0 Å². The molecule has 0 fully saturated rings. The van der Waals surface area contributed by atoms with Gasteiger partial charge in [-0.3, -0.25) is 9.79 Å². The van der Waals surface area contributed by atoms with Crippen molar-refractivity contribution in [2.24, 2.45) is 4.99 Å².